The van der Waals surface area contributed by atoms with Gasteiger partial charge in [-0.25, -0.2) is 0 Å². The lowest BCUT2D eigenvalue weighted by atomic mass is 10.3. The fraction of sp³-hybridized carbons (Fsp3) is 0.615. The van der Waals surface area contributed by atoms with Crippen LogP contribution in [-0.4, -0.2) is 47.7 Å². The van der Waals surface area contributed by atoms with E-state index in [4.69, 9.17) is 16.4 Å². The van der Waals surface area contributed by atoms with E-state index in [0.29, 0.717) is 11.0 Å². The molecule has 1 aliphatic carbocycles. The van der Waals surface area contributed by atoms with Crippen LogP contribution in [0.2, 0.25) is 5.15 Å². The molecule has 1 aromatic heterocycles. The molecule has 18 heavy (non-hydrogen) atoms. The zero-order valence-corrected chi connectivity index (χ0v) is 11.1. The van der Waals surface area contributed by atoms with Crippen molar-refractivity contribution < 1.29 is 4.84 Å². The Morgan fingerprint density at radius 3 is 2.67 bits per heavy atom. The van der Waals surface area contributed by atoms with E-state index in [9.17, 15) is 0 Å². The lowest BCUT2D eigenvalue weighted by Gasteiger charge is -2.33. The third kappa shape index (κ3) is 3.34. The summed E-state index contributed by atoms with van der Waals surface area (Å²) in [5, 5.41) is 2.45. The first-order chi connectivity index (χ1) is 8.79. The van der Waals surface area contributed by atoms with Gasteiger partial charge in [0.15, 0.2) is 0 Å². The van der Waals surface area contributed by atoms with E-state index in [1.165, 1.54) is 19.4 Å². The van der Waals surface area contributed by atoms with Gasteiger partial charge in [0, 0.05) is 38.8 Å². The van der Waals surface area contributed by atoms with Crippen LogP contribution in [0.4, 0.5) is 0 Å². The van der Waals surface area contributed by atoms with Crippen LogP contribution in [0, 0.1) is 5.92 Å². The molecule has 0 spiro atoms. The minimum Gasteiger partial charge on any atom is -0.386 e. The maximum Gasteiger partial charge on any atom is 0.239 e. The Balaban J connectivity index is 1.47. The molecular formula is C13H18ClN3O. The number of pyridine rings is 1. The largest absolute Gasteiger partial charge is 0.386 e. The molecular weight excluding hydrogens is 250 g/mol. The van der Waals surface area contributed by atoms with Crippen molar-refractivity contribution in [3.63, 3.8) is 0 Å². The molecule has 0 atom stereocenters. The zero-order chi connectivity index (χ0) is 12.4. The van der Waals surface area contributed by atoms with Crippen LogP contribution in [0.1, 0.15) is 12.8 Å². The fourth-order valence-electron chi connectivity index (χ4n) is 2.24. The smallest absolute Gasteiger partial charge is 0.239 e. The molecule has 5 heteroatoms. The average molecular weight is 268 g/mol. The number of aromatic nitrogens is 1. The summed E-state index contributed by atoms with van der Waals surface area (Å²) in [4.78, 5) is 12.4. The normalized spacial score (nSPS) is 22.1. The summed E-state index contributed by atoms with van der Waals surface area (Å²) < 4.78 is 0. The molecule has 0 N–H and O–H groups in total. The van der Waals surface area contributed by atoms with Crippen LogP contribution in [0.3, 0.4) is 0 Å². The van der Waals surface area contributed by atoms with Crippen LogP contribution < -0.4 is 4.84 Å². The van der Waals surface area contributed by atoms with Crippen molar-refractivity contribution in [2.24, 2.45) is 5.92 Å². The van der Waals surface area contributed by atoms with E-state index in [0.717, 1.165) is 32.1 Å². The highest BCUT2D eigenvalue weighted by Gasteiger charge is 2.26. The van der Waals surface area contributed by atoms with Gasteiger partial charge in [0.1, 0.15) is 5.15 Å². The van der Waals surface area contributed by atoms with Gasteiger partial charge in [-0.15, -0.1) is 5.06 Å². The third-order valence-corrected chi connectivity index (χ3v) is 3.67. The van der Waals surface area contributed by atoms with Gasteiger partial charge in [-0.05, 0) is 24.8 Å². The molecule has 0 bridgehead atoms. The number of piperazine rings is 1. The van der Waals surface area contributed by atoms with Crippen molar-refractivity contribution in [3.8, 4) is 5.88 Å². The molecule has 1 aromatic rings. The molecule has 4 nitrogen and oxygen atoms in total. The van der Waals surface area contributed by atoms with Crippen molar-refractivity contribution in [1.29, 1.82) is 0 Å². The number of hydroxylamine groups is 2. The molecule has 1 saturated heterocycles. The number of nitrogens with zero attached hydrogens (tertiary/aromatic N) is 3. The molecule has 0 aromatic carbocycles. The van der Waals surface area contributed by atoms with E-state index in [-0.39, 0.29) is 0 Å². The monoisotopic (exact) mass is 267 g/mol. The SMILES string of the molecule is Clc1cccc(ON2CCN(CC3CC3)CC2)n1. The molecule has 3 rings (SSSR count). The Labute approximate surface area is 112 Å². The Hall–Kier alpha value is -0.840. The molecule has 1 saturated carbocycles. The Kier molecular flexibility index (Phi) is 3.68. The third-order valence-electron chi connectivity index (χ3n) is 3.46. The van der Waals surface area contributed by atoms with Gasteiger partial charge in [0.25, 0.3) is 0 Å². The molecule has 98 valence electrons. The highest BCUT2D eigenvalue weighted by molar-refractivity contribution is 6.29. The van der Waals surface area contributed by atoms with Gasteiger partial charge in [0.05, 0.1) is 0 Å². The lowest BCUT2D eigenvalue weighted by Crippen LogP contribution is -2.48. The maximum absolute atomic E-state index is 5.83. The predicted molar refractivity (Wildman–Crippen MR) is 70.6 cm³/mol. The Morgan fingerprint density at radius 1 is 1.22 bits per heavy atom. The molecule has 2 aliphatic rings. The number of hydrogen-bond donors (Lipinski definition) is 0. The molecule has 0 amide bonds. The fourth-order valence-corrected chi connectivity index (χ4v) is 2.40. The number of hydrogen-bond acceptors (Lipinski definition) is 4. The van der Waals surface area contributed by atoms with Crippen LogP contribution in [0.25, 0.3) is 0 Å². The number of rotatable bonds is 4. The van der Waals surface area contributed by atoms with Crippen LogP contribution in [0.15, 0.2) is 18.2 Å². The Bertz CT molecular complexity index is 403. The molecule has 0 unspecified atom stereocenters. The topological polar surface area (TPSA) is 28.6 Å². The van der Waals surface area contributed by atoms with Crippen LogP contribution in [0.5, 0.6) is 5.88 Å². The minimum atomic E-state index is 0.472. The zero-order valence-electron chi connectivity index (χ0n) is 10.4. The summed E-state index contributed by atoms with van der Waals surface area (Å²) in [6, 6.07) is 5.44. The van der Waals surface area contributed by atoms with Crippen LogP contribution >= 0.6 is 11.6 Å². The molecule has 2 heterocycles. The first kappa shape index (κ1) is 12.2. The highest BCUT2D eigenvalue weighted by Crippen LogP contribution is 2.29. The van der Waals surface area contributed by atoms with E-state index >= 15 is 0 Å². The van der Waals surface area contributed by atoms with Crippen molar-refractivity contribution in [2.75, 3.05) is 32.7 Å². The second-order valence-electron chi connectivity index (χ2n) is 5.06. The second-order valence-corrected chi connectivity index (χ2v) is 5.45. The summed E-state index contributed by atoms with van der Waals surface area (Å²) in [5.74, 6) is 1.55. The summed E-state index contributed by atoms with van der Waals surface area (Å²) in [5.41, 5.74) is 0. The summed E-state index contributed by atoms with van der Waals surface area (Å²) in [6.45, 7) is 5.29. The van der Waals surface area contributed by atoms with Crippen molar-refractivity contribution in [2.45, 2.75) is 12.8 Å². The molecule has 0 radical (unpaired) electrons. The van der Waals surface area contributed by atoms with Gasteiger partial charge in [0.2, 0.25) is 5.88 Å². The summed E-state index contributed by atoms with van der Waals surface area (Å²) in [6.07, 6.45) is 2.84. The first-order valence-electron chi connectivity index (χ1n) is 6.57. The second kappa shape index (κ2) is 5.43. The number of halogens is 1. The summed E-state index contributed by atoms with van der Waals surface area (Å²) >= 11 is 5.83. The van der Waals surface area contributed by atoms with Crippen molar-refractivity contribution in [1.82, 2.24) is 14.9 Å². The van der Waals surface area contributed by atoms with E-state index in [2.05, 4.69) is 9.88 Å². The van der Waals surface area contributed by atoms with E-state index in [1.54, 1.807) is 6.07 Å². The van der Waals surface area contributed by atoms with E-state index < -0.39 is 0 Å². The minimum absolute atomic E-state index is 0.472. The van der Waals surface area contributed by atoms with Gasteiger partial charge in [-0.3, -0.25) is 0 Å². The average Bonchev–Trinajstić information content (AvgIpc) is 3.16. The van der Waals surface area contributed by atoms with Gasteiger partial charge in [-0.1, -0.05) is 17.7 Å². The molecule has 1 aliphatic heterocycles. The van der Waals surface area contributed by atoms with Gasteiger partial charge >= 0.3 is 0 Å². The summed E-state index contributed by atoms with van der Waals surface area (Å²) in [7, 11) is 0. The van der Waals surface area contributed by atoms with Crippen LogP contribution in [-0.2, 0) is 0 Å². The van der Waals surface area contributed by atoms with Crippen molar-refractivity contribution >= 4 is 11.6 Å². The Morgan fingerprint density at radius 2 is 2.00 bits per heavy atom. The molecule has 2 fully saturated rings. The standard InChI is InChI=1S/C13H18ClN3O/c14-12-2-1-3-13(15-12)18-17-8-6-16(7-9-17)10-11-4-5-11/h1-3,11H,4-10H2. The maximum atomic E-state index is 5.83. The quantitative estimate of drug-likeness (QED) is 0.781. The lowest BCUT2D eigenvalue weighted by molar-refractivity contribution is -0.0921. The van der Waals surface area contributed by atoms with E-state index in [1.807, 2.05) is 17.2 Å². The van der Waals surface area contributed by atoms with Crippen molar-refractivity contribution in [3.05, 3.63) is 23.4 Å². The van der Waals surface area contributed by atoms with Gasteiger partial charge in [-0.2, -0.15) is 4.98 Å². The first-order valence-corrected chi connectivity index (χ1v) is 6.95. The predicted octanol–water partition coefficient (Wildman–Crippen LogP) is 2.06. The van der Waals surface area contributed by atoms with Gasteiger partial charge < -0.3 is 9.74 Å². The highest BCUT2D eigenvalue weighted by atomic mass is 35.5.